The first-order chi connectivity index (χ1) is 11.8. The second-order valence-electron chi connectivity index (χ2n) is 5.05. The molecule has 0 spiro atoms. The average molecular weight is 362 g/mol. The first-order valence-corrected chi connectivity index (χ1v) is 8.40. The van der Waals surface area contributed by atoms with Crippen LogP contribution in [0.25, 0.3) is 22.5 Å². The SMILES string of the molecule is Cc1nc(-c2ccccc2)cc(-c2ccccc2)[n+]1N.[O-][Cl+3]([O-])([O-])[O-]. The van der Waals surface area contributed by atoms with Crippen LogP contribution >= 0.6 is 0 Å². The number of nitrogens with two attached hydrogens (primary N) is 1. The van der Waals surface area contributed by atoms with Crippen LogP contribution in [0, 0.1) is 17.2 Å². The number of halogens is 1. The third kappa shape index (κ3) is 5.79. The normalized spacial score (nSPS) is 10.8. The predicted octanol–water partition coefficient (Wildman–Crippen LogP) is -2.03. The molecule has 25 heavy (non-hydrogen) atoms. The molecule has 0 atom stereocenters. The van der Waals surface area contributed by atoms with Crippen molar-refractivity contribution in [2.75, 3.05) is 5.84 Å². The van der Waals surface area contributed by atoms with Gasteiger partial charge in [-0.05, 0) is 4.98 Å². The Kier molecular flexibility index (Phi) is 6.02. The lowest BCUT2D eigenvalue weighted by atomic mass is 10.1. The quantitative estimate of drug-likeness (QED) is 0.413. The number of benzene rings is 2. The monoisotopic (exact) mass is 361 g/mol. The molecule has 2 aromatic carbocycles. The van der Waals surface area contributed by atoms with Crippen molar-refractivity contribution in [3.05, 3.63) is 72.6 Å². The summed E-state index contributed by atoms with van der Waals surface area (Å²) in [4.78, 5) is 4.57. The van der Waals surface area contributed by atoms with Crippen molar-refractivity contribution in [2.45, 2.75) is 6.92 Å². The van der Waals surface area contributed by atoms with Crippen LogP contribution in [0.3, 0.4) is 0 Å². The molecule has 0 saturated heterocycles. The highest BCUT2D eigenvalue weighted by molar-refractivity contribution is 5.65. The summed E-state index contributed by atoms with van der Waals surface area (Å²) in [6.07, 6.45) is 0. The predicted molar refractivity (Wildman–Crippen MR) is 80.2 cm³/mol. The van der Waals surface area contributed by atoms with E-state index in [1.807, 2.05) is 61.5 Å². The standard InChI is InChI=1S/C17H16N3.ClHO4/c1-13-19-16(14-8-4-2-5-9-14)12-17(20(13)18)15-10-6-3-7-11-15;2-1(3,4)5/h2-12H,18H2,1H3;(H,2,3,4,5)/q+1;/p-1. The van der Waals surface area contributed by atoms with Gasteiger partial charge in [-0.3, -0.25) is 5.84 Å². The molecule has 1 aromatic heterocycles. The highest BCUT2D eigenvalue weighted by Gasteiger charge is 2.17. The molecule has 0 aliphatic heterocycles. The van der Waals surface area contributed by atoms with E-state index in [1.54, 1.807) is 4.68 Å². The van der Waals surface area contributed by atoms with Gasteiger partial charge in [-0.25, -0.2) is 18.6 Å². The van der Waals surface area contributed by atoms with Crippen molar-refractivity contribution < 1.29 is 33.6 Å². The minimum atomic E-state index is -4.94. The smallest absolute Gasteiger partial charge is 0.268 e. The molecule has 3 aromatic rings. The molecule has 0 aliphatic carbocycles. The minimum Gasteiger partial charge on any atom is -0.268 e. The molecule has 0 fully saturated rings. The first kappa shape index (κ1) is 18.8. The van der Waals surface area contributed by atoms with Crippen LogP contribution in [0.2, 0.25) is 0 Å². The number of rotatable bonds is 2. The van der Waals surface area contributed by atoms with Gasteiger partial charge in [0.05, 0.1) is 0 Å². The average Bonchev–Trinajstić information content (AvgIpc) is 2.57. The molecular formula is C17H16ClN3O4. The van der Waals surface area contributed by atoms with E-state index in [1.165, 1.54) is 0 Å². The van der Waals surface area contributed by atoms with Crippen molar-refractivity contribution in [2.24, 2.45) is 0 Å². The van der Waals surface area contributed by atoms with Gasteiger partial charge < -0.3 is 0 Å². The Balaban J connectivity index is 0.000000399. The van der Waals surface area contributed by atoms with Gasteiger partial charge in [-0.1, -0.05) is 60.7 Å². The molecular weight excluding hydrogens is 346 g/mol. The van der Waals surface area contributed by atoms with E-state index in [4.69, 9.17) is 24.5 Å². The molecule has 0 radical (unpaired) electrons. The van der Waals surface area contributed by atoms with E-state index >= 15 is 0 Å². The van der Waals surface area contributed by atoms with Crippen LogP contribution in [-0.2, 0) is 0 Å². The Morgan fingerprint density at radius 2 is 1.28 bits per heavy atom. The molecule has 2 N–H and O–H groups in total. The van der Waals surface area contributed by atoms with Gasteiger partial charge in [0.1, 0.15) is 0 Å². The maximum Gasteiger partial charge on any atom is 0.319 e. The number of nitrogen functional groups attached to an aromatic ring is 1. The van der Waals surface area contributed by atoms with Crippen molar-refractivity contribution in [1.29, 1.82) is 0 Å². The molecule has 1 heterocycles. The first-order valence-electron chi connectivity index (χ1n) is 7.17. The van der Waals surface area contributed by atoms with Crippen molar-refractivity contribution in [3.8, 4) is 22.5 Å². The van der Waals surface area contributed by atoms with Crippen LogP contribution in [0.1, 0.15) is 5.82 Å². The largest absolute Gasteiger partial charge is 0.319 e. The zero-order valence-electron chi connectivity index (χ0n) is 13.3. The fourth-order valence-electron chi connectivity index (χ4n) is 2.22. The molecule has 7 nitrogen and oxygen atoms in total. The van der Waals surface area contributed by atoms with Gasteiger partial charge in [0.15, 0.2) is 11.4 Å². The van der Waals surface area contributed by atoms with E-state index in [-0.39, 0.29) is 0 Å². The van der Waals surface area contributed by atoms with Gasteiger partial charge in [0.25, 0.3) is 0 Å². The molecule has 0 saturated carbocycles. The number of aryl methyl sites for hydroxylation is 1. The summed E-state index contributed by atoms with van der Waals surface area (Å²) in [5.41, 5.74) is 4.06. The lowest BCUT2D eigenvalue weighted by molar-refractivity contribution is -2.00. The Morgan fingerprint density at radius 1 is 0.840 bits per heavy atom. The topological polar surface area (TPSA) is 135 Å². The Hall–Kier alpha value is -2.55. The van der Waals surface area contributed by atoms with E-state index < -0.39 is 10.2 Å². The maximum absolute atomic E-state index is 8.49. The van der Waals surface area contributed by atoms with Gasteiger partial charge >= 0.3 is 5.82 Å². The van der Waals surface area contributed by atoms with Crippen LogP contribution in [-0.4, -0.2) is 4.98 Å². The Labute approximate surface area is 147 Å². The summed E-state index contributed by atoms with van der Waals surface area (Å²) in [6.45, 7) is 1.92. The molecule has 0 bridgehead atoms. The van der Waals surface area contributed by atoms with Crippen LogP contribution < -0.4 is 29.2 Å². The summed E-state index contributed by atoms with van der Waals surface area (Å²) >= 11 is 0. The van der Waals surface area contributed by atoms with Crippen molar-refractivity contribution in [1.82, 2.24) is 4.98 Å². The third-order valence-corrected chi connectivity index (χ3v) is 3.30. The lowest BCUT2D eigenvalue weighted by Crippen LogP contribution is -2.68. The van der Waals surface area contributed by atoms with Crippen molar-refractivity contribution >= 4 is 0 Å². The highest BCUT2D eigenvalue weighted by Crippen LogP contribution is 2.21. The van der Waals surface area contributed by atoms with Crippen LogP contribution in [0.5, 0.6) is 0 Å². The van der Waals surface area contributed by atoms with E-state index in [9.17, 15) is 0 Å². The van der Waals surface area contributed by atoms with E-state index in [0.29, 0.717) is 0 Å². The maximum atomic E-state index is 8.49. The number of nitrogens with zero attached hydrogens (tertiary/aromatic N) is 2. The third-order valence-electron chi connectivity index (χ3n) is 3.30. The summed E-state index contributed by atoms with van der Waals surface area (Å²) in [7, 11) is -4.94. The molecule has 0 amide bonds. The Bertz CT molecular complexity index is 819. The second-order valence-corrected chi connectivity index (χ2v) is 5.81. The second kappa shape index (κ2) is 8.02. The molecule has 3 rings (SSSR count). The summed E-state index contributed by atoms with van der Waals surface area (Å²) in [5.74, 6) is 6.90. The van der Waals surface area contributed by atoms with E-state index in [0.717, 1.165) is 28.3 Å². The number of hydrogen-bond donors (Lipinski definition) is 1. The van der Waals surface area contributed by atoms with Crippen LogP contribution in [0.15, 0.2) is 66.7 Å². The summed E-state index contributed by atoms with van der Waals surface area (Å²) < 4.78 is 35.6. The molecule has 0 aliphatic rings. The zero-order valence-corrected chi connectivity index (χ0v) is 14.1. The summed E-state index contributed by atoms with van der Waals surface area (Å²) in [6, 6.07) is 22.3. The zero-order chi connectivity index (χ0) is 18.4. The number of aromatic nitrogens is 2. The van der Waals surface area contributed by atoms with Gasteiger partial charge in [-0.2, -0.15) is 0 Å². The van der Waals surface area contributed by atoms with Gasteiger partial charge in [0.2, 0.25) is 0 Å². The fourth-order valence-corrected chi connectivity index (χ4v) is 2.22. The highest BCUT2D eigenvalue weighted by atomic mass is 35.7. The minimum absolute atomic E-state index is 0.783. The lowest BCUT2D eigenvalue weighted by Gasteiger charge is -2.17. The molecule has 0 unspecified atom stereocenters. The fraction of sp³-hybridized carbons (Fsp3) is 0.0588. The molecule has 130 valence electrons. The van der Waals surface area contributed by atoms with Gasteiger partial charge in [0, 0.05) is 24.1 Å². The Morgan fingerprint density at radius 3 is 1.76 bits per heavy atom. The van der Waals surface area contributed by atoms with Crippen LogP contribution in [0.4, 0.5) is 0 Å². The molecule has 8 heteroatoms. The summed E-state index contributed by atoms with van der Waals surface area (Å²) in [5, 5.41) is 0. The van der Waals surface area contributed by atoms with Gasteiger partial charge in [-0.15, -0.1) is 14.9 Å². The number of hydrogen-bond acceptors (Lipinski definition) is 6. The van der Waals surface area contributed by atoms with Crippen molar-refractivity contribution in [3.63, 3.8) is 0 Å². The van der Waals surface area contributed by atoms with E-state index in [2.05, 4.69) is 17.1 Å².